The molecule has 0 fully saturated rings. The van der Waals surface area contributed by atoms with E-state index in [0.29, 0.717) is 18.7 Å². The van der Waals surface area contributed by atoms with Crippen LogP contribution in [0.5, 0.6) is 5.75 Å². The molecule has 0 aliphatic carbocycles. The van der Waals surface area contributed by atoms with E-state index < -0.39 is 17.5 Å². The van der Waals surface area contributed by atoms with E-state index >= 15 is 0 Å². The second-order valence-electron chi connectivity index (χ2n) is 5.81. The molecule has 0 aliphatic heterocycles. The third kappa shape index (κ3) is 6.44. The van der Waals surface area contributed by atoms with E-state index in [1.807, 2.05) is 6.92 Å². The van der Waals surface area contributed by atoms with Crippen LogP contribution in [-0.4, -0.2) is 29.9 Å². The summed E-state index contributed by atoms with van der Waals surface area (Å²) >= 11 is 0. The van der Waals surface area contributed by atoms with Crippen LogP contribution < -0.4 is 10.6 Å². The highest BCUT2D eigenvalue weighted by atomic mass is 19.1. The van der Waals surface area contributed by atoms with Crippen molar-refractivity contribution in [2.75, 3.05) is 13.1 Å². The fourth-order valence-corrected chi connectivity index (χ4v) is 1.75. The zero-order valence-electron chi connectivity index (χ0n) is 12.9. The van der Waals surface area contributed by atoms with Gasteiger partial charge in [-0.1, -0.05) is 0 Å². The molecule has 118 valence electrons. The Labute approximate surface area is 124 Å². The molecular weight excluding hydrogens is 275 g/mol. The molecular formula is C15H23FN2O3. The number of carbonyl (C=O) groups excluding carboxylic acids is 1. The van der Waals surface area contributed by atoms with Crippen LogP contribution in [0.15, 0.2) is 18.2 Å². The summed E-state index contributed by atoms with van der Waals surface area (Å²) in [6.07, 6.45) is -0.481. The van der Waals surface area contributed by atoms with E-state index in [0.717, 1.165) is 0 Å². The van der Waals surface area contributed by atoms with Gasteiger partial charge in [-0.05, 0) is 45.9 Å². The molecule has 1 aromatic rings. The fourth-order valence-electron chi connectivity index (χ4n) is 1.75. The van der Waals surface area contributed by atoms with Crippen LogP contribution in [0.2, 0.25) is 0 Å². The number of phenols is 1. The summed E-state index contributed by atoms with van der Waals surface area (Å²) in [6, 6.07) is 3.58. The summed E-state index contributed by atoms with van der Waals surface area (Å²) in [5.74, 6) is -0.361. The van der Waals surface area contributed by atoms with Crippen molar-refractivity contribution in [2.24, 2.45) is 0 Å². The van der Waals surface area contributed by atoms with Crippen molar-refractivity contribution < 1.29 is 19.0 Å². The number of nitrogens with one attached hydrogen (secondary N) is 2. The standard InChI is InChI=1S/C15H23FN2O3/c1-10(12-9-11(16)5-6-13(12)19)17-7-8-18-14(20)21-15(2,3)4/h5-6,9-10,17,19H,7-8H2,1-4H3,(H,18,20). The van der Waals surface area contributed by atoms with E-state index in [1.165, 1.54) is 18.2 Å². The maximum atomic E-state index is 13.1. The molecule has 5 nitrogen and oxygen atoms in total. The lowest BCUT2D eigenvalue weighted by molar-refractivity contribution is 0.0528. The van der Waals surface area contributed by atoms with Crippen molar-refractivity contribution in [2.45, 2.75) is 39.3 Å². The molecule has 0 aliphatic rings. The predicted octanol–water partition coefficient (Wildman–Crippen LogP) is 2.71. The molecule has 0 saturated heterocycles. The number of aromatic hydroxyl groups is 1. The first-order valence-electron chi connectivity index (χ1n) is 6.87. The summed E-state index contributed by atoms with van der Waals surface area (Å²) < 4.78 is 18.2. The third-order valence-electron chi connectivity index (χ3n) is 2.70. The summed E-state index contributed by atoms with van der Waals surface area (Å²) in [6.45, 7) is 8.02. The first kappa shape index (κ1) is 17.2. The first-order chi connectivity index (χ1) is 9.69. The van der Waals surface area contributed by atoms with Crippen molar-refractivity contribution in [3.63, 3.8) is 0 Å². The number of phenolic OH excluding ortho intramolecular Hbond substituents is 1. The Morgan fingerprint density at radius 2 is 2.05 bits per heavy atom. The number of carbonyl (C=O) groups is 1. The number of rotatable bonds is 5. The van der Waals surface area contributed by atoms with Crippen molar-refractivity contribution >= 4 is 6.09 Å². The topological polar surface area (TPSA) is 70.6 Å². The lowest BCUT2D eigenvalue weighted by atomic mass is 10.1. The Hall–Kier alpha value is -1.82. The quantitative estimate of drug-likeness (QED) is 0.731. The Morgan fingerprint density at radius 1 is 1.38 bits per heavy atom. The monoisotopic (exact) mass is 298 g/mol. The van der Waals surface area contributed by atoms with Crippen LogP contribution in [0.25, 0.3) is 0 Å². The van der Waals surface area contributed by atoms with Gasteiger partial charge < -0.3 is 20.5 Å². The van der Waals surface area contributed by atoms with Crippen LogP contribution in [0.3, 0.4) is 0 Å². The van der Waals surface area contributed by atoms with Crippen LogP contribution in [0.4, 0.5) is 9.18 Å². The Kier molecular flexibility index (Phi) is 5.96. The minimum Gasteiger partial charge on any atom is -0.508 e. The molecule has 0 spiro atoms. The number of halogens is 1. The van der Waals surface area contributed by atoms with Gasteiger partial charge >= 0.3 is 6.09 Å². The highest BCUT2D eigenvalue weighted by Crippen LogP contribution is 2.24. The third-order valence-corrected chi connectivity index (χ3v) is 2.70. The fraction of sp³-hybridized carbons (Fsp3) is 0.533. The van der Waals surface area contributed by atoms with Gasteiger partial charge in [-0.3, -0.25) is 0 Å². The van der Waals surface area contributed by atoms with Gasteiger partial charge in [-0.25, -0.2) is 9.18 Å². The number of benzene rings is 1. The largest absolute Gasteiger partial charge is 0.508 e. The predicted molar refractivity (Wildman–Crippen MR) is 78.7 cm³/mol. The van der Waals surface area contributed by atoms with Gasteiger partial charge in [0.2, 0.25) is 0 Å². The van der Waals surface area contributed by atoms with E-state index in [9.17, 15) is 14.3 Å². The number of alkyl carbamates (subject to hydrolysis) is 1. The Balaban J connectivity index is 2.36. The van der Waals surface area contributed by atoms with Crippen molar-refractivity contribution in [1.82, 2.24) is 10.6 Å². The van der Waals surface area contributed by atoms with Crippen LogP contribution in [-0.2, 0) is 4.74 Å². The molecule has 1 unspecified atom stereocenters. The maximum absolute atomic E-state index is 13.1. The van der Waals surface area contributed by atoms with E-state index in [-0.39, 0.29) is 11.8 Å². The zero-order chi connectivity index (χ0) is 16.0. The molecule has 1 atom stereocenters. The molecule has 3 N–H and O–H groups in total. The molecule has 0 aromatic heterocycles. The van der Waals surface area contributed by atoms with Gasteiger partial charge in [-0.15, -0.1) is 0 Å². The highest BCUT2D eigenvalue weighted by molar-refractivity contribution is 5.67. The van der Waals surface area contributed by atoms with E-state index in [2.05, 4.69) is 10.6 Å². The molecule has 0 saturated carbocycles. The number of amides is 1. The SMILES string of the molecule is CC(NCCNC(=O)OC(C)(C)C)c1cc(F)ccc1O. The second kappa shape index (κ2) is 7.26. The molecule has 0 heterocycles. The lowest BCUT2D eigenvalue weighted by Gasteiger charge is -2.20. The van der Waals surface area contributed by atoms with Crippen molar-refractivity contribution in [3.8, 4) is 5.75 Å². The molecule has 0 radical (unpaired) electrons. The average Bonchev–Trinajstić information content (AvgIpc) is 2.35. The van der Waals surface area contributed by atoms with Gasteiger partial charge in [0.05, 0.1) is 0 Å². The van der Waals surface area contributed by atoms with Crippen LogP contribution in [0.1, 0.15) is 39.3 Å². The van der Waals surface area contributed by atoms with Gasteiger partial charge in [-0.2, -0.15) is 0 Å². The van der Waals surface area contributed by atoms with Crippen LogP contribution in [0, 0.1) is 5.82 Å². The lowest BCUT2D eigenvalue weighted by Crippen LogP contribution is -2.36. The molecule has 1 aromatic carbocycles. The number of ether oxygens (including phenoxy) is 1. The summed E-state index contributed by atoms with van der Waals surface area (Å²) in [5, 5.41) is 15.4. The van der Waals surface area contributed by atoms with E-state index in [4.69, 9.17) is 4.74 Å². The summed E-state index contributed by atoms with van der Waals surface area (Å²) in [4.78, 5) is 11.4. The Morgan fingerprint density at radius 3 is 2.67 bits per heavy atom. The summed E-state index contributed by atoms with van der Waals surface area (Å²) in [7, 11) is 0. The summed E-state index contributed by atoms with van der Waals surface area (Å²) in [5.41, 5.74) is -0.0507. The average molecular weight is 298 g/mol. The smallest absolute Gasteiger partial charge is 0.407 e. The molecule has 1 rings (SSSR count). The van der Waals surface area contributed by atoms with Gasteiger partial charge in [0, 0.05) is 24.7 Å². The highest BCUT2D eigenvalue weighted by Gasteiger charge is 2.15. The minimum absolute atomic E-state index is 0.0384. The van der Waals surface area contributed by atoms with Gasteiger partial charge in [0.25, 0.3) is 0 Å². The van der Waals surface area contributed by atoms with Crippen LogP contribution >= 0.6 is 0 Å². The zero-order valence-corrected chi connectivity index (χ0v) is 12.9. The Bertz CT molecular complexity index is 486. The molecule has 1 amide bonds. The van der Waals surface area contributed by atoms with Gasteiger partial charge in [0.15, 0.2) is 0 Å². The normalized spacial score (nSPS) is 12.8. The second-order valence-corrected chi connectivity index (χ2v) is 5.81. The van der Waals surface area contributed by atoms with E-state index in [1.54, 1.807) is 20.8 Å². The first-order valence-corrected chi connectivity index (χ1v) is 6.87. The molecule has 21 heavy (non-hydrogen) atoms. The molecule has 0 bridgehead atoms. The van der Waals surface area contributed by atoms with Gasteiger partial charge in [0.1, 0.15) is 17.2 Å². The minimum atomic E-state index is -0.530. The number of hydrogen-bond donors (Lipinski definition) is 3. The number of hydrogen-bond acceptors (Lipinski definition) is 4. The molecule has 6 heteroatoms. The maximum Gasteiger partial charge on any atom is 0.407 e. The van der Waals surface area contributed by atoms with Crippen molar-refractivity contribution in [3.05, 3.63) is 29.6 Å². The van der Waals surface area contributed by atoms with Crippen molar-refractivity contribution in [1.29, 1.82) is 0 Å².